The van der Waals surface area contributed by atoms with E-state index >= 15 is 0 Å². The molecule has 1 aromatic rings. The molecule has 0 spiro atoms. The maximum Gasteiger partial charge on any atom is 0.233 e. The number of benzene rings is 1. The SMILES string of the molecule is CC(C)(COc1ccc(C(C)(C)C)cc1)CS(=O)(=O)Cl. The van der Waals surface area contributed by atoms with Crippen molar-refractivity contribution in [3.8, 4) is 5.75 Å². The zero-order chi connectivity index (χ0) is 15.6. The molecule has 0 amide bonds. The Balaban J connectivity index is 2.67. The highest BCUT2D eigenvalue weighted by Gasteiger charge is 2.26. The topological polar surface area (TPSA) is 43.4 Å². The summed E-state index contributed by atoms with van der Waals surface area (Å²) < 4.78 is 27.9. The van der Waals surface area contributed by atoms with Crippen LogP contribution in [0.4, 0.5) is 0 Å². The molecule has 0 unspecified atom stereocenters. The van der Waals surface area contributed by atoms with Crippen molar-refractivity contribution in [1.82, 2.24) is 0 Å². The van der Waals surface area contributed by atoms with Crippen LogP contribution in [0.15, 0.2) is 24.3 Å². The van der Waals surface area contributed by atoms with E-state index in [4.69, 9.17) is 15.4 Å². The van der Waals surface area contributed by atoms with Crippen molar-refractivity contribution in [2.75, 3.05) is 12.4 Å². The summed E-state index contributed by atoms with van der Waals surface area (Å²) in [5, 5.41) is 0. The van der Waals surface area contributed by atoms with Crippen LogP contribution in [-0.4, -0.2) is 20.8 Å². The summed E-state index contributed by atoms with van der Waals surface area (Å²) in [6.45, 7) is 10.4. The molecular formula is C15H23ClO3S. The molecule has 3 nitrogen and oxygen atoms in total. The fraction of sp³-hybridized carbons (Fsp3) is 0.600. The minimum Gasteiger partial charge on any atom is -0.493 e. The van der Waals surface area contributed by atoms with Crippen LogP contribution in [0.2, 0.25) is 0 Å². The molecule has 114 valence electrons. The maximum absolute atomic E-state index is 11.1. The molecule has 20 heavy (non-hydrogen) atoms. The summed E-state index contributed by atoms with van der Waals surface area (Å²) in [7, 11) is 1.77. The summed E-state index contributed by atoms with van der Waals surface area (Å²) >= 11 is 0. The number of hydrogen-bond donors (Lipinski definition) is 0. The molecule has 0 fully saturated rings. The van der Waals surface area contributed by atoms with Crippen LogP contribution in [-0.2, 0) is 14.5 Å². The van der Waals surface area contributed by atoms with Gasteiger partial charge in [-0.25, -0.2) is 8.42 Å². The van der Waals surface area contributed by atoms with E-state index in [2.05, 4.69) is 20.8 Å². The Morgan fingerprint density at radius 3 is 1.95 bits per heavy atom. The highest BCUT2D eigenvalue weighted by Crippen LogP contribution is 2.26. The van der Waals surface area contributed by atoms with Gasteiger partial charge in [0.2, 0.25) is 9.05 Å². The number of hydrogen-bond acceptors (Lipinski definition) is 3. The summed E-state index contributed by atoms with van der Waals surface area (Å²) in [6.07, 6.45) is 0. The van der Waals surface area contributed by atoms with Gasteiger partial charge in [0.15, 0.2) is 0 Å². The van der Waals surface area contributed by atoms with E-state index in [1.807, 2.05) is 38.1 Å². The van der Waals surface area contributed by atoms with Gasteiger partial charge in [-0.05, 0) is 23.1 Å². The van der Waals surface area contributed by atoms with Crippen molar-refractivity contribution in [3.05, 3.63) is 29.8 Å². The molecule has 0 aliphatic carbocycles. The van der Waals surface area contributed by atoms with Crippen molar-refractivity contribution in [2.24, 2.45) is 5.41 Å². The smallest absolute Gasteiger partial charge is 0.233 e. The minimum atomic E-state index is -3.52. The summed E-state index contributed by atoms with van der Waals surface area (Å²) in [5.41, 5.74) is 0.806. The molecule has 0 radical (unpaired) electrons. The first kappa shape index (κ1) is 17.3. The Morgan fingerprint density at radius 1 is 1.05 bits per heavy atom. The zero-order valence-corrected chi connectivity index (χ0v) is 14.3. The second-order valence-corrected chi connectivity index (χ2v) is 9.69. The van der Waals surface area contributed by atoms with Crippen molar-refractivity contribution in [2.45, 2.75) is 40.0 Å². The summed E-state index contributed by atoms with van der Waals surface area (Å²) in [6, 6.07) is 7.87. The largest absolute Gasteiger partial charge is 0.493 e. The lowest BCUT2D eigenvalue weighted by Crippen LogP contribution is -2.28. The van der Waals surface area contributed by atoms with Crippen LogP contribution in [0.1, 0.15) is 40.2 Å². The van der Waals surface area contributed by atoms with Crippen molar-refractivity contribution in [1.29, 1.82) is 0 Å². The third kappa shape index (κ3) is 6.14. The second kappa shape index (κ2) is 5.94. The Labute approximate surface area is 126 Å². The van der Waals surface area contributed by atoms with Gasteiger partial charge in [-0.1, -0.05) is 46.8 Å². The van der Waals surface area contributed by atoms with Crippen LogP contribution < -0.4 is 4.74 Å². The average Bonchev–Trinajstić information content (AvgIpc) is 2.22. The molecule has 0 aromatic heterocycles. The molecule has 0 saturated carbocycles. The summed E-state index contributed by atoms with van der Waals surface area (Å²) in [4.78, 5) is 0. The first-order valence-corrected chi connectivity index (χ1v) is 9.03. The van der Waals surface area contributed by atoms with E-state index in [1.54, 1.807) is 0 Å². The lowest BCUT2D eigenvalue weighted by Gasteiger charge is -2.23. The van der Waals surface area contributed by atoms with E-state index in [1.165, 1.54) is 5.56 Å². The van der Waals surface area contributed by atoms with Gasteiger partial charge >= 0.3 is 0 Å². The number of halogens is 1. The predicted octanol–water partition coefficient (Wildman–Crippen LogP) is 3.96. The van der Waals surface area contributed by atoms with Crippen molar-refractivity contribution in [3.63, 3.8) is 0 Å². The quantitative estimate of drug-likeness (QED) is 0.772. The van der Waals surface area contributed by atoms with Gasteiger partial charge in [0, 0.05) is 16.1 Å². The van der Waals surface area contributed by atoms with E-state index in [9.17, 15) is 8.42 Å². The molecule has 0 bridgehead atoms. The monoisotopic (exact) mass is 318 g/mol. The molecule has 0 aliphatic rings. The lowest BCUT2D eigenvalue weighted by molar-refractivity contribution is 0.200. The Kier molecular flexibility index (Phi) is 5.14. The molecule has 1 aromatic carbocycles. The minimum absolute atomic E-state index is 0.102. The van der Waals surface area contributed by atoms with Crippen LogP contribution >= 0.6 is 10.7 Å². The van der Waals surface area contributed by atoms with E-state index < -0.39 is 14.5 Å². The van der Waals surface area contributed by atoms with Gasteiger partial charge in [-0.3, -0.25) is 0 Å². The highest BCUT2D eigenvalue weighted by molar-refractivity contribution is 8.13. The molecule has 0 atom stereocenters. The van der Waals surface area contributed by atoms with Crippen LogP contribution in [0.5, 0.6) is 5.75 Å². The average molecular weight is 319 g/mol. The Bertz CT molecular complexity index is 539. The molecule has 1 rings (SSSR count). The molecule has 5 heteroatoms. The number of rotatable bonds is 5. The van der Waals surface area contributed by atoms with Gasteiger partial charge in [0.05, 0.1) is 12.4 Å². The standard InChI is InChI=1S/C15H23ClO3S/c1-14(2,3)12-6-8-13(9-7-12)19-10-15(4,5)11-20(16,17)18/h6-9H,10-11H2,1-5H3. The third-order valence-electron chi connectivity index (χ3n) is 2.91. The zero-order valence-electron chi connectivity index (χ0n) is 12.7. The Hall–Kier alpha value is -0.740. The van der Waals surface area contributed by atoms with Crippen molar-refractivity contribution < 1.29 is 13.2 Å². The van der Waals surface area contributed by atoms with Gasteiger partial charge < -0.3 is 4.74 Å². The Morgan fingerprint density at radius 2 is 1.55 bits per heavy atom. The first-order valence-electron chi connectivity index (χ1n) is 6.55. The number of ether oxygens (including phenoxy) is 1. The van der Waals surface area contributed by atoms with Crippen LogP contribution in [0, 0.1) is 5.41 Å². The van der Waals surface area contributed by atoms with Gasteiger partial charge in [0.1, 0.15) is 5.75 Å². The summed E-state index contributed by atoms with van der Waals surface area (Å²) in [5.74, 6) is 0.625. The van der Waals surface area contributed by atoms with E-state index in [0.29, 0.717) is 6.61 Å². The highest BCUT2D eigenvalue weighted by atomic mass is 35.7. The van der Waals surface area contributed by atoms with Gasteiger partial charge in [-0.2, -0.15) is 0 Å². The second-order valence-electron chi connectivity index (χ2n) is 6.91. The molecule has 0 heterocycles. The van der Waals surface area contributed by atoms with Crippen LogP contribution in [0.3, 0.4) is 0 Å². The maximum atomic E-state index is 11.1. The predicted molar refractivity (Wildman–Crippen MR) is 84.1 cm³/mol. The van der Waals surface area contributed by atoms with Gasteiger partial charge in [0.25, 0.3) is 0 Å². The third-order valence-corrected chi connectivity index (χ3v) is 4.37. The fourth-order valence-electron chi connectivity index (χ4n) is 1.84. The molecule has 0 aliphatic heterocycles. The van der Waals surface area contributed by atoms with Gasteiger partial charge in [-0.15, -0.1) is 0 Å². The van der Waals surface area contributed by atoms with E-state index in [0.717, 1.165) is 5.75 Å². The molecular weight excluding hydrogens is 296 g/mol. The normalized spacial score (nSPS) is 13.3. The lowest BCUT2D eigenvalue weighted by atomic mass is 9.87. The van der Waals surface area contributed by atoms with E-state index in [-0.39, 0.29) is 11.2 Å². The molecule has 0 N–H and O–H groups in total. The van der Waals surface area contributed by atoms with Crippen LogP contribution in [0.25, 0.3) is 0 Å². The fourth-order valence-corrected chi connectivity index (χ4v) is 3.74. The van der Waals surface area contributed by atoms with Crippen molar-refractivity contribution >= 4 is 19.7 Å². The first-order chi connectivity index (χ1) is 8.89. The molecule has 0 saturated heterocycles.